The number of aromatic nitrogens is 2. The number of aromatic amines is 1. The summed E-state index contributed by atoms with van der Waals surface area (Å²) in [6.45, 7) is 1.31. The number of carbonyl (C=O) groups is 2. The topological polar surface area (TPSA) is 95.5 Å². The third-order valence-electron chi connectivity index (χ3n) is 6.38. The Morgan fingerprint density at radius 3 is 2.17 bits per heavy atom. The van der Waals surface area contributed by atoms with E-state index in [0.717, 1.165) is 0 Å². The highest BCUT2D eigenvalue weighted by Gasteiger charge is 2.27. The minimum absolute atomic E-state index is 0.0516. The lowest BCUT2D eigenvalue weighted by molar-refractivity contribution is 0.0532. The summed E-state index contributed by atoms with van der Waals surface area (Å²) in [6, 6.07) is 19.8. The van der Waals surface area contributed by atoms with E-state index in [2.05, 4.69) is 4.98 Å². The van der Waals surface area contributed by atoms with Gasteiger partial charge < -0.3 is 9.80 Å². The SMILES string of the molecule is O=C(c1ccccc1)N1CCN(C(=O)c2cc(Cn3c(=O)[nH]c(=O)c4ccccc43)ccc2F)CC1. The fourth-order valence-corrected chi connectivity index (χ4v) is 4.46. The van der Waals surface area contributed by atoms with Gasteiger partial charge in [-0.15, -0.1) is 0 Å². The molecular formula is C27H23FN4O4. The number of nitrogens with zero attached hydrogens (tertiary/aromatic N) is 3. The zero-order valence-electron chi connectivity index (χ0n) is 19.3. The van der Waals surface area contributed by atoms with Crippen molar-refractivity contribution in [3.63, 3.8) is 0 Å². The molecule has 2 amide bonds. The smallest absolute Gasteiger partial charge is 0.329 e. The molecule has 0 bridgehead atoms. The van der Waals surface area contributed by atoms with E-state index in [-0.39, 0.29) is 31.1 Å². The molecule has 0 spiro atoms. The van der Waals surface area contributed by atoms with Crippen LogP contribution in [0.15, 0.2) is 82.4 Å². The van der Waals surface area contributed by atoms with Gasteiger partial charge in [-0.2, -0.15) is 0 Å². The van der Waals surface area contributed by atoms with E-state index in [1.165, 1.54) is 27.7 Å². The molecule has 0 radical (unpaired) electrons. The van der Waals surface area contributed by atoms with Crippen molar-refractivity contribution in [2.45, 2.75) is 6.54 Å². The van der Waals surface area contributed by atoms with E-state index < -0.39 is 23.0 Å². The zero-order valence-corrected chi connectivity index (χ0v) is 19.3. The van der Waals surface area contributed by atoms with Crippen LogP contribution in [-0.4, -0.2) is 57.3 Å². The van der Waals surface area contributed by atoms with E-state index >= 15 is 0 Å². The van der Waals surface area contributed by atoms with Gasteiger partial charge in [0.15, 0.2) is 0 Å². The van der Waals surface area contributed by atoms with Crippen LogP contribution in [0.1, 0.15) is 26.3 Å². The molecule has 5 rings (SSSR count). The molecule has 1 aliphatic heterocycles. The monoisotopic (exact) mass is 486 g/mol. The lowest BCUT2D eigenvalue weighted by atomic mass is 10.1. The third-order valence-corrected chi connectivity index (χ3v) is 6.38. The van der Waals surface area contributed by atoms with Crippen molar-refractivity contribution >= 4 is 22.7 Å². The second kappa shape index (κ2) is 9.61. The van der Waals surface area contributed by atoms with Crippen LogP contribution in [0.5, 0.6) is 0 Å². The Hall–Kier alpha value is -4.53. The number of nitrogens with one attached hydrogen (secondary N) is 1. The number of H-pyrrole nitrogens is 1. The fraction of sp³-hybridized carbons (Fsp3) is 0.185. The summed E-state index contributed by atoms with van der Waals surface area (Å²) >= 11 is 0. The van der Waals surface area contributed by atoms with E-state index in [4.69, 9.17) is 0 Å². The second-order valence-electron chi connectivity index (χ2n) is 8.63. The van der Waals surface area contributed by atoms with Gasteiger partial charge in [0.05, 0.1) is 23.0 Å². The molecule has 3 aromatic carbocycles. The van der Waals surface area contributed by atoms with Crippen molar-refractivity contribution < 1.29 is 14.0 Å². The average Bonchev–Trinajstić information content (AvgIpc) is 2.91. The predicted molar refractivity (Wildman–Crippen MR) is 133 cm³/mol. The van der Waals surface area contributed by atoms with E-state index in [0.29, 0.717) is 35.1 Å². The Kier molecular flexibility index (Phi) is 6.20. The molecule has 1 N–H and O–H groups in total. The molecule has 1 fully saturated rings. The Bertz CT molecular complexity index is 1570. The van der Waals surface area contributed by atoms with Gasteiger partial charge in [-0.05, 0) is 42.0 Å². The van der Waals surface area contributed by atoms with Crippen molar-refractivity contribution in [2.24, 2.45) is 0 Å². The summed E-state index contributed by atoms with van der Waals surface area (Å²) in [5.74, 6) is -1.24. The largest absolute Gasteiger partial charge is 0.335 e. The first-order valence-electron chi connectivity index (χ1n) is 11.6. The molecule has 1 saturated heterocycles. The van der Waals surface area contributed by atoms with Crippen molar-refractivity contribution in [3.05, 3.63) is 116 Å². The molecule has 1 aromatic heterocycles. The highest BCUT2D eigenvalue weighted by atomic mass is 19.1. The molecule has 1 aliphatic rings. The quantitative estimate of drug-likeness (QED) is 0.480. The maximum atomic E-state index is 14.7. The molecule has 182 valence electrons. The number of carbonyl (C=O) groups excluding carboxylic acids is 2. The van der Waals surface area contributed by atoms with Crippen LogP contribution in [0, 0.1) is 5.82 Å². The second-order valence-corrected chi connectivity index (χ2v) is 8.63. The van der Waals surface area contributed by atoms with Crippen LogP contribution in [0.3, 0.4) is 0 Å². The molecule has 0 atom stereocenters. The molecule has 0 unspecified atom stereocenters. The number of hydrogen-bond donors (Lipinski definition) is 1. The number of para-hydroxylation sites is 1. The summed E-state index contributed by atoms with van der Waals surface area (Å²) in [7, 11) is 0. The number of benzene rings is 3. The summed E-state index contributed by atoms with van der Waals surface area (Å²) in [5.41, 5.74) is 0.402. The molecule has 8 nitrogen and oxygen atoms in total. The number of fused-ring (bicyclic) bond motifs is 1. The molecule has 9 heteroatoms. The highest BCUT2D eigenvalue weighted by molar-refractivity contribution is 5.96. The summed E-state index contributed by atoms with van der Waals surface area (Å²) in [4.78, 5) is 56.0. The van der Waals surface area contributed by atoms with Crippen LogP contribution < -0.4 is 11.2 Å². The van der Waals surface area contributed by atoms with Crippen molar-refractivity contribution in [3.8, 4) is 0 Å². The van der Waals surface area contributed by atoms with E-state index in [1.807, 2.05) is 6.07 Å². The molecule has 2 heterocycles. The first-order chi connectivity index (χ1) is 17.4. The van der Waals surface area contributed by atoms with Crippen LogP contribution in [0.25, 0.3) is 10.9 Å². The number of rotatable bonds is 4. The highest BCUT2D eigenvalue weighted by Crippen LogP contribution is 2.18. The predicted octanol–water partition coefficient (Wildman–Crippen LogP) is 2.48. The Morgan fingerprint density at radius 2 is 1.44 bits per heavy atom. The van der Waals surface area contributed by atoms with Gasteiger partial charge in [-0.1, -0.05) is 36.4 Å². The van der Waals surface area contributed by atoms with Crippen molar-refractivity contribution in [1.82, 2.24) is 19.4 Å². The molecule has 0 saturated carbocycles. The zero-order chi connectivity index (χ0) is 25.2. The lowest BCUT2D eigenvalue weighted by Gasteiger charge is -2.35. The van der Waals surface area contributed by atoms with E-state index in [1.54, 1.807) is 53.4 Å². The lowest BCUT2D eigenvalue weighted by Crippen LogP contribution is -2.50. The maximum Gasteiger partial charge on any atom is 0.329 e. The molecule has 0 aliphatic carbocycles. The third kappa shape index (κ3) is 4.43. The Morgan fingerprint density at radius 1 is 0.806 bits per heavy atom. The fourth-order valence-electron chi connectivity index (χ4n) is 4.46. The maximum absolute atomic E-state index is 14.7. The summed E-state index contributed by atoms with van der Waals surface area (Å²) in [5, 5.41) is 0.360. The first-order valence-corrected chi connectivity index (χ1v) is 11.6. The first kappa shape index (κ1) is 23.2. The molecule has 4 aromatic rings. The van der Waals surface area contributed by atoms with Crippen molar-refractivity contribution in [2.75, 3.05) is 26.2 Å². The van der Waals surface area contributed by atoms with Crippen LogP contribution >= 0.6 is 0 Å². The van der Waals surface area contributed by atoms with Crippen molar-refractivity contribution in [1.29, 1.82) is 0 Å². The minimum atomic E-state index is -0.662. The Labute approximate surface area is 205 Å². The Balaban J connectivity index is 1.34. The van der Waals surface area contributed by atoms with Gasteiger partial charge in [-0.3, -0.25) is 23.9 Å². The summed E-state index contributed by atoms with van der Waals surface area (Å²) < 4.78 is 16.1. The van der Waals surface area contributed by atoms with Gasteiger partial charge >= 0.3 is 5.69 Å². The van der Waals surface area contributed by atoms with Gasteiger partial charge in [0, 0.05) is 31.7 Å². The van der Waals surface area contributed by atoms with Crippen LogP contribution in [-0.2, 0) is 6.54 Å². The number of piperazine rings is 1. The number of halogens is 1. The van der Waals surface area contributed by atoms with Gasteiger partial charge in [0.25, 0.3) is 17.4 Å². The van der Waals surface area contributed by atoms with Gasteiger partial charge in [0.2, 0.25) is 0 Å². The van der Waals surface area contributed by atoms with Gasteiger partial charge in [0.1, 0.15) is 5.82 Å². The standard InChI is InChI=1S/C27H23FN4O4/c28-22-11-10-18(17-32-23-9-5-4-8-20(23)24(33)29-27(32)36)16-21(22)26(35)31-14-12-30(13-15-31)25(34)19-6-2-1-3-7-19/h1-11,16H,12-15,17H2,(H,29,33,36). The number of hydrogen-bond acceptors (Lipinski definition) is 4. The van der Waals surface area contributed by atoms with Crippen LogP contribution in [0.2, 0.25) is 0 Å². The summed E-state index contributed by atoms with van der Waals surface area (Å²) in [6.07, 6.45) is 0. The molecular weight excluding hydrogens is 463 g/mol. The van der Waals surface area contributed by atoms with Gasteiger partial charge in [-0.25, -0.2) is 9.18 Å². The molecule has 36 heavy (non-hydrogen) atoms. The normalized spacial score (nSPS) is 13.7. The minimum Gasteiger partial charge on any atom is -0.335 e. The average molecular weight is 487 g/mol. The van der Waals surface area contributed by atoms with E-state index in [9.17, 15) is 23.6 Å². The van der Waals surface area contributed by atoms with Crippen LogP contribution in [0.4, 0.5) is 4.39 Å². The number of amides is 2.